The Labute approximate surface area is 227 Å². The number of amides is 2. The maximum Gasteiger partial charge on any atom is 0.512 e. The molecule has 0 unspecified atom stereocenters. The Bertz CT molecular complexity index is 1560. The molecule has 0 radical (unpaired) electrons. The average Bonchev–Trinajstić information content (AvgIpc) is 3.19. The molecule has 14 heteroatoms. The van der Waals surface area contributed by atoms with Crippen molar-refractivity contribution in [2.45, 2.75) is 49.6 Å². The van der Waals surface area contributed by atoms with Gasteiger partial charge in [0.1, 0.15) is 5.82 Å². The minimum atomic E-state index is -4.17. The molecule has 0 aliphatic heterocycles. The fourth-order valence-corrected chi connectivity index (χ4v) is 5.72. The van der Waals surface area contributed by atoms with E-state index < -0.39 is 37.1 Å². The third kappa shape index (κ3) is 7.35. The number of sulfone groups is 1. The van der Waals surface area contributed by atoms with Gasteiger partial charge in [-0.2, -0.15) is 0 Å². The Morgan fingerprint density at radius 3 is 2.26 bits per heavy atom. The van der Waals surface area contributed by atoms with E-state index in [0.29, 0.717) is 48.3 Å². The average molecular weight is 579 g/mol. The third-order valence-corrected chi connectivity index (χ3v) is 7.88. The van der Waals surface area contributed by atoms with E-state index in [4.69, 9.17) is 4.74 Å². The van der Waals surface area contributed by atoms with Crippen LogP contribution in [0.15, 0.2) is 58.5 Å². The number of carboxylic acid groups (broad SMARTS) is 1. The van der Waals surface area contributed by atoms with Crippen LogP contribution in [0.4, 0.5) is 9.59 Å². The van der Waals surface area contributed by atoms with Crippen molar-refractivity contribution in [3.8, 4) is 17.0 Å². The fraction of sp³-hybridized carbons (Fsp3) is 0.320. The van der Waals surface area contributed by atoms with Crippen LogP contribution in [0.25, 0.3) is 11.1 Å². The molecule has 1 heterocycles. The molecule has 0 spiro atoms. The fourth-order valence-electron chi connectivity index (χ4n) is 3.82. The Kier molecular flexibility index (Phi) is 9.35. The van der Waals surface area contributed by atoms with Gasteiger partial charge in [-0.05, 0) is 30.0 Å². The summed E-state index contributed by atoms with van der Waals surface area (Å²) < 4.78 is 58.6. The van der Waals surface area contributed by atoms with Crippen LogP contribution in [0.5, 0.6) is 5.88 Å². The number of carbonyl (C=O) groups excluding carboxylic acids is 1. The normalized spacial score (nSPS) is 11.7. The highest BCUT2D eigenvalue weighted by molar-refractivity contribution is 7.90. The topological polar surface area (TPSA) is 174 Å². The molecule has 210 valence electrons. The lowest BCUT2D eigenvalue weighted by Gasteiger charge is -2.14. The Morgan fingerprint density at radius 2 is 1.67 bits per heavy atom. The van der Waals surface area contributed by atoms with Crippen molar-refractivity contribution in [1.82, 2.24) is 19.6 Å². The van der Waals surface area contributed by atoms with Gasteiger partial charge >= 0.3 is 12.2 Å². The first-order valence-corrected chi connectivity index (χ1v) is 15.4. The van der Waals surface area contributed by atoms with E-state index in [1.54, 1.807) is 42.5 Å². The number of nitrogens with zero attached hydrogens (tertiary/aromatic N) is 2. The molecule has 12 nitrogen and oxygen atoms in total. The molecule has 0 atom stereocenters. The summed E-state index contributed by atoms with van der Waals surface area (Å²) in [4.78, 5) is 27.4. The van der Waals surface area contributed by atoms with Gasteiger partial charge in [0.25, 0.3) is 10.0 Å². The number of imidazole rings is 1. The van der Waals surface area contributed by atoms with Crippen molar-refractivity contribution in [1.29, 1.82) is 0 Å². The van der Waals surface area contributed by atoms with E-state index in [-0.39, 0.29) is 17.3 Å². The van der Waals surface area contributed by atoms with E-state index in [0.717, 1.165) is 6.26 Å². The highest BCUT2D eigenvalue weighted by Crippen LogP contribution is 2.30. The second-order valence-electron chi connectivity index (χ2n) is 8.67. The van der Waals surface area contributed by atoms with E-state index >= 15 is 0 Å². The minimum Gasteiger partial charge on any atom is -0.449 e. The van der Waals surface area contributed by atoms with E-state index in [1.807, 2.05) is 18.6 Å². The number of ether oxygens (including phenoxy) is 1. The van der Waals surface area contributed by atoms with Crippen molar-refractivity contribution in [3.05, 3.63) is 59.9 Å². The van der Waals surface area contributed by atoms with Crippen LogP contribution < -0.4 is 14.8 Å². The molecule has 39 heavy (non-hydrogen) atoms. The van der Waals surface area contributed by atoms with Crippen molar-refractivity contribution in [2.75, 3.05) is 12.8 Å². The summed E-state index contributed by atoms with van der Waals surface area (Å²) in [6.45, 7) is 4.10. The molecule has 0 saturated heterocycles. The third-order valence-electron chi connectivity index (χ3n) is 5.52. The first-order chi connectivity index (χ1) is 18.4. The van der Waals surface area contributed by atoms with Crippen LogP contribution in [0.3, 0.4) is 0 Å². The molecular weight excluding hydrogens is 548 g/mol. The molecule has 0 aliphatic carbocycles. The van der Waals surface area contributed by atoms with Gasteiger partial charge in [-0.1, -0.05) is 56.3 Å². The summed E-state index contributed by atoms with van der Waals surface area (Å²) in [5.74, 6) is -0.0384. The van der Waals surface area contributed by atoms with Crippen LogP contribution in [-0.2, 0) is 32.8 Å². The van der Waals surface area contributed by atoms with E-state index in [9.17, 15) is 31.5 Å². The van der Waals surface area contributed by atoms with Crippen molar-refractivity contribution >= 4 is 32.0 Å². The molecule has 1 aromatic heterocycles. The highest BCUT2D eigenvalue weighted by Gasteiger charge is 2.27. The molecule has 3 rings (SSSR count). The summed E-state index contributed by atoms with van der Waals surface area (Å²) in [7, 11) is -8.05. The number of nitrogens with one attached hydrogen (secondary N) is 2. The molecular formula is C25H30N4O8S2. The second kappa shape index (κ2) is 12.3. The van der Waals surface area contributed by atoms with E-state index in [1.165, 1.54) is 10.6 Å². The predicted octanol–water partition coefficient (Wildman–Crippen LogP) is 3.41. The number of aromatic nitrogens is 2. The number of rotatable bonds is 11. The largest absolute Gasteiger partial charge is 0.512 e. The lowest BCUT2D eigenvalue weighted by Crippen LogP contribution is -2.39. The first-order valence-electron chi connectivity index (χ1n) is 12.1. The summed E-state index contributed by atoms with van der Waals surface area (Å²) in [6.07, 6.45) is 0.908. The molecule has 0 bridgehead atoms. The van der Waals surface area contributed by atoms with Crippen LogP contribution >= 0.6 is 0 Å². The Morgan fingerprint density at radius 1 is 1.00 bits per heavy atom. The maximum atomic E-state index is 12.9. The SMILES string of the molecule is CCCNC(=O)NS(=O)(=O)c1ccccc1-c1ccc(Cn2c(CCC)nc(S(C)(=O)=O)c2OC(=O)O)cc1. The zero-order valence-electron chi connectivity index (χ0n) is 21.7. The van der Waals surface area contributed by atoms with Crippen molar-refractivity contribution in [3.63, 3.8) is 0 Å². The minimum absolute atomic E-state index is 0.0554. The smallest absolute Gasteiger partial charge is 0.449 e. The van der Waals surface area contributed by atoms with Gasteiger partial charge < -0.3 is 15.2 Å². The van der Waals surface area contributed by atoms with Crippen LogP contribution in [0.1, 0.15) is 38.1 Å². The summed E-state index contributed by atoms with van der Waals surface area (Å²) >= 11 is 0. The number of hydrogen-bond donors (Lipinski definition) is 3. The number of hydrogen-bond acceptors (Lipinski definition) is 8. The molecule has 0 fully saturated rings. The number of aryl methyl sites for hydroxylation is 1. The van der Waals surface area contributed by atoms with Gasteiger partial charge in [0, 0.05) is 24.8 Å². The Hall–Kier alpha value is -3.91. The predicted molar refractivity (Wildman–Crippen MR) is 143 cm³/mol. The molecule has 3 N–H and O–H groups in total. The maximum absolute atomic E-state index is 12.9. The molecule has 0 saturated carbocycles. The molecule has 2 aromatic carbocycles. The highest BCUT2D eigenvalue weighted by atomic mass is 32.2. The number of carbonyl (C=O) groups is 2. The second-order valence-corrected chi connectivity index (χ2v) is 12.3. The summed E-state index contributed by atoms with van der Waals surface area (Å²) in [5.41, 5.74) is 1.57. The van der Waals surface area contributed by atoms with E-state index in [2.05, 4.69) is 10.3 Å². The standard InChI is InChI=1S/C25H30N4O8S2/c1-4-8-21-27-22(38(3,33)34)23(37-25(31)32)29(21)16-17-11-13-18(14-12-17)19-9-6-7-10-20(19)39(35,36)28-24(30)26-15-5-2/h6-7,9-14H,4-5,8,15-16H2,1-3H3,(H,31,32)(H2,26,28,30). The summed E-state index contributed by atoms with van der Waals surface area (Å²) in [5, 5.41) is 11.2. The molecule has 3 aromatic rings. The van der Waals surface area contributed by atoms with Crippen LogP contribution in [0.2, 0.25) is 0 Å². The summed E-state index contributed by atoms with van der Waals surface area (Å²) in [6, 6.07) is 12.1. The first kappa shape index (κ1) is 29.6. The van der Waals surface area contributed by atoms with Gasteiger partial charge in [-0.3, -0.25) is 4.57 Å². The lowest BCUT2D eigenvalue weighted by atomic mass is 10.0. The number of sulfonamides is 1. The molecule has 0 aliphatic rings. The monoisotopic (exact) mass is 578 g/mol. The van der Waals surface area contributed by atoms with Gasteiger partial charge in [0.15, 0.2) is 9.84 Å². The lowest BCUT2D eigenvalue weighted by molar-refractivity contribution is 0.139. The quantitative estimate of drug-likeness (QED) is 0.288. The Balaban J connectivity index is 1.97. The van der Waals surface area contributed by atoms with Gasteiger partial charge in [0.05, 0.1) is 11.4 Å². The van der Waals surface area contributed by atoms with Crippen LogP contribution in [0, 0.1) is 0 Å². The van der Waals surface area contributed by atoms with Gasteiger partial charge in [-0.25, -0.2) is 36.1 Å². The zero-order valence-corrected chi connectivity index (χ0v) is 23.3. The number of benzene rings is 2. The van der Waals surface area contributed by atoms with Gasteiger partial charge in [-0.15, -0.1) is 0 Å². The van der Waals surface area contributed by atoms with Crippen molar-refractivity contribution in [2.24, 2.45) is 0 Å². The van der Waals surface area contributed by atoms with Gasteiger partial charge in [0.2, 0.25) is 10.9 Å². The molecule has 2 amide bonds. The van der Waals surface area contributed by atoms with Crippen molar-refractivity contribution < 1.29 is 36.3 Å². The van der Waals surface area contributed by atoms with Crippen LogP contribution in [-0.4, -0.2) is 56.5 Å². The zero-order chi connectivity index (χ0) is 28.8. The number of urea groups is 1.